The van der Waals surface area contributed by atoms with Crippen LogP contribution in [0.2, 0.25) is 0 Å². The van der Waals surface area contributed by atoms with Gasteiger partial charge < -0.3 is 54.3 Å². The van der Waals surface area contributed by atoms with E-state index in [2.05, 4.69) is 45.7 Å². The first kappa shape index (κ1) is 85.3. The summed E-state index contributed by atoms with van der Waals surface area (Å²) >= 11 is 13.6. The lowest BCUT2D eigenvalue weighted by molar-refractivity contribution is -0.302. The van der Waals surface area contributed by atoms with Crippen molar-refractivity contribution >= 4 is 149 Å². The van der Waals surface area contributed by atoms with Crippen LogP contribution >= 0.6 is 81.3 Å². The number of oxime groups is 3. The summed E-state index contributed by atoms with van der Waals surface area (Å²) in [5, 5.41) is 59.7. The number of carbonyl (C=O) groups is 7. The van der Waals surface area contributed by atoms with Gasteiger partial charge in [-0.15, -0.1) is 0 Å². The van der Waals surface area contributed by atoms with E-state index in [0.717, 1.165) is 99.3 Å². The number of piperidine rings is 1. The lowest BCUT2D eigenvalue weighted by atomic mass is 9.86. The fourth-order valence-corrected chi connectivity index (χ4v) is 18.4. The Balaban J connectivity index is 0.000000248. The summed E-state index contributed by atoms with van der Waals surface area (Å²) < 4.78 is 18.4. The quantitative estimate of drug-likeness (QED) is 0.0145. The molecule has 1 aromatic heterocycles. The third kappa shape index (κ3) is 24.4. The van der Waals surface area contributed by atoms with E-state index in [1.807, 2.05) is 83.1 Å². The Kier molecular flexibility index (Phi) is 33.4. The van der Waals surface area contributed by atoms with Crippen molar-refractivity contribution in [2.24, 2.45) is 49.5 Å². The number of rotatable bonds is 17. The van der Waals surface area contributed by atoms with E-state index in [-0.39, 0.29) is 74.7 Å². The number of hydrogen-bond acceptors (Lipinski definition) is 26. The Hall–Kier alpha value is -6.36. The molecule has 7 heterocycles. The molecule has 1 fully saturated rings. The Labute approximate surface area is 622 Å². The molecule has 0 amide bonds. The highest BCUT2D eigenvalue weighted by Crippen LogP contribution is 2.61. The number of carbonyl (C=O) groups excluding carboxylic acids is 7. The molecule has 1 saturated heterocycles. The standard InChI is InChI=1S/C30H41NO6S2.C14H13NO4S2.C12H13NO2S2.C8H15ClO.C7H11NO2.C2H4O2/c1-8-12-14-18(10-3)26(32)35-20-16-17-21(36-27(33)19(11-4)15-13-9-2)24-23(20)38-29(39-24)22-25(30(5,6)7)31-37-28(22)34;1-14(2,3)11-8(12(18)19-15-11)13-20-9-6(16)4-5-7(17)10(9)21-13;14-8-4-5-9(15)11-10(8)16-12(17-11)13-6-2-1-3-7-13;1-3-5-6-7(4-2)8(9)10;1-7(2,3)5-4-6(9)10-8-5;1-2(3)4/h16-19H,8-15H2,1-7H3;4-5,16-17H,1-3H3;4-5H,1-3,6-7H2,(H-,14,15);7H,3-6H2,1-2H3;4H2,1-3H3;1H3,(H,3,4). The zero-order valence-corrected chi connectivity index (χ0v) is 66.3. The number of carboxylic acids is 1. The first-order valence-electron chi connectivity index (χ1n) is 34.2. The van der Waals surface area contributed by atoms with Gasteiger partial charge in [0.2, 0.25) is 5.24 Å². The van der Waals surface area contributed by atoms with Gasteiger partial charge in [-0.25, -0.2) is 19.0 Å². The number of hydrogen-bond donors (Lipinski definition) is 4. The first-order valence-corrected chi connectivity index (χ1v) is 39.4. The molecule has 0 saturated carbocycles. The summed E-state index contributed by atoms with van der Waals surface area (Å²) in [4.78, 5) is 97.8. The average Bonchev–Trinajstić information content (AvgIpc) is 1.62. The number of unbranched alkanes of at least 4 members (excludes halogenated alkanes) is 3. The molecule has 0 bridgehead atoms. The van der Waals surface area contributed by atoms with Crippen LogP contribution < -0.4 is 23.1 Å². The number of nitrogens with zero attached hydrogens (tertiary/aromatic N) is 4. The molecule has 0 spiro atoms. The van der Waals surface area contributed by atoms with E-state index < -0.39 is 23.3 Å². The van der Waals surface area contributed by atoms with Gasteiger partial charge in [0.1, 0.15) is 70.2 Å². The Morgan fingerprint density at radius 2 is 0.911 bits per heavy atom. The highest BCUT2D eigenvalue weighted by molar-refractivity contribution is 8.25. The zero-order valence-electron chi connectivity index (χ0n) is 60.6. The predicted molar refractivity (Wildman–Crippen MR) is 402 cm³/mol. The highest BCUT2D eigenvalue weighted by Gasteiger charge is 2.42. The topological polar surface area (TPSA) is 310 Å². The lowest BCUT2D eigenvalue weighted by Crippen LogP contribution is -2.31. The lowest BCUT2D eigenvalue weighted by Gasteiger charge is -2.17. The molecule has 6 aliphatic rings. The number of phenols is 4. The number of benzene rings is 3. The van der Waals surface area contributed by atoms with Crippen LogP contribution in [-0.4, -0.2) is 91.7 Å². The summed E-state index contributed by atoms with van der Waals surface area (Å²) in [5.41, 5.74) is 1.98. The van der Waals surface area contributed by atoms with Crippen LogP contribution in [0.1, 0.15) is 214 Å². The van der Waals surface area contributed by atoms with Crippen molar-refractivity contribution in [1.82, 2.24) is 4.58 Å². The van der Waals surface area contributed by atoms with Gasteiger partial charge in [0.05, 0.1) is 61.4 Å². The summed E-state index contributed by atoms with van der Waals surface area (Å²) in [6, 6.07) is 9.35. The number of thioether (sulfide) groups is 4. The molecule has 101 heavy (non-hydrogen) atoms. The van der Waals surface area contributed by atoms with Gasteiger partial charge in [0, 0.05) is 41.0 Å². The number of esters is 2. The third-order valence-corrected chi connectivity index (χ3v) is 24.5. The molecule has 3 aromatic carbocycles. The molecule has 4 N–H and O–H groups in total. The normalized spacial score (nSPS) is 16.3. The van der Waals surface area contributed by atoms with Crippen LogP contribution in [-0.2, 0) is 48.1 Å². The second kappa shape index (κ2) is 39.5. The van der Waals surface area contributed by atoms with Gasteiger partial charge in [0.15, 0.2) is 0 Å². The first-order chi connectivity index (χ1) is 47.5. The number of halogens is 1. The molecule has 0 radical (unpaired) electrons. The van der Waals surface area contributed by atoms with Crippen LogP contribution in [0.5, 0.6) is 34.5 Å². The van der Waals surface area contributed by atoms with Gasteiger partial charge in [-0.05, 0) is 99.9 Å². The molecule has 6 aliphatic heterocycles. The number of ether oxygens (including phenoxy) is 2. The Morgan fingerprint density at radius 3 is 1.23 bits per heavy atom. The molecule has 0 aliphatic carbocycles. The number of carboxylic acid groups (broad SMARTS) is 1. The number of fused-ring (bicyclic) bond motifs is 3. The molecule has 21 nitrogen and oxygen atoms in total. The van der Waals surface area contributed by atoms with E-state index in [9.17, 15) is 49.2 Å². The summed E-state index contributed by atoms with van der Waals surface area (Å²) in [7, 11) is 0. The van der Waals surface area contributed by atoms with Crippen molar-refractivity contribution in [1.29, 1.82) is 0 Å². The van der Waals surface area contributed by atoms with Gasteiger partial charge in [-0.3, -0.25) is 14.4 Å². The minimum atomic E-state index is -1.08. The van der Waals surface area contributed by atoms with Crippen molar-refractivity contribution in [2.75, 3.05) is 13.1 Å². The second-order valence-corrected chi connectivity index (χ2v) is 34.7. The maximum Gasteiger partial charge on any atom is 0.369 e. The molecular formula is C73H97ClN4O17S6. The SMILES string of the molecule is CC(=O)[O-].CC(C)(C)C1=NOC(=O)C1.CC(C)(C)C1=NOC(=O)C1=C1Sc2c(O)ccc(O)c2S1.CCCCC(CC)C(=O)Cl.CCCCC(CC)C(=O)Oc1ccc(OC(=O)C(CC)CCCC)c2c1SC(=C1C(=O)ON=C1C(C)(C)C)S2.Oc1ccc(O)c2sc(=[N+]3CCCCC3)sc12. The van der Waals surface area contributed by atoms with E-state index in [1.54, 1.807) is 46.9 Å². The largest absolute Gasteiger partial charge is 0.550 e. The smallest absolute Gasteiger partial charge is 0.369 e. The fourth-order valence-electron chi connectivity index (χ4n) is 10.2. The van der Waals surface area contributed by atoms with Crippen LogP contribution in [0.3, 0.4) is 0 Å². The van der Waals surface area contributed by atoms with Crippen molar-refractivity contribution < 1.29 is 83.1 Å². The van der Waals surface area contributed by atoms with E-state index >= 15 is 0 Å². The molecule has 4 aromatic rings. The molecule has 3 unspecified atom stereocenters. The third-order valence-electron chi connectivity index (χ3n) is 16.1. The maximum atomic E-state index is 13.1. The Bertz CT molecular complexity index is 3760. The second-order valence-electron chi connectivity index (χ2n) is 27.4. The van der Waals surface area contributed by atoms with Crippen LogP contribution in [0.15, 0.2) is 91.1 Å². The molecule has 3 atom stereocenters. The Morgan fingerprint density at radius 1 is 0.545 bits per heavy atom. The van der Waals surface area contributed by atoms with Gasteiger partial charge in [0.25, 0.3) is 0 Å². The van der Waals surface area contributed by atoms with Crippen molar-refractivity contribution in [3.05, 3.63) is 60.0 Å². The van der Waals surface area contributed by atoms with Crippen molar-refractivity contribution in [2.45, 2.75) is 233 Å². The maximum absolute atomic E-state index is 13.1. The number of aromatic hydroxyl groups is 4. The van der Waals surface area contributed by atoms with Crippen molar-refractivity contribution in [3.63, 3.8) is 0 Å². The average molecular weight is 1530 g/mol. The van der Waals surface area contributed by atoms with Crippen LogP contribution in [0.25, 0.3) is 9.40 Å². The molecule has 10 rings (SSSR count). The van der Waals surface area contributed by atoms with Gasteiger partial charge >= 0.3 is 33.8 Å². The fraction of sp³-hybridized carbons (Fsp3) is 0.548. The summed E-state index contributed by atoms with van der Waals surface area (Å²) in [6.07, 6.45) is 15.1. The number of phenolic OH excluding ortho intramolecular Hbond substituents is 4. The summed E-state index contributed by atoms with van der Waals surface area (Å²) in [5.74, 6) is -1.68. The monoisotopic (exact) mass is 1530 g/mol. The van der Waals surface area contributed by atoms with Crippen LogP contribution in [0.4, 0.5) is 0 Å². The zero-order chi connectivity index (χ0) is 75.3. The summed E-state index contributed by atoms with van der Waals surface area (Å²) in [6.45, 7) is 33.2. The molecule has 554 valence electrons. The molecular weight excluding hydrogens is 1430 g/mol. The molecule has 28 heteroatoms. The van der Waals surface area contributed by atoms with Gasteiger partial charge in [-0.1, -0.05) is 228 Å². The number of aliphatic carboxylic acids is 1. The van der Waals surface area contributed by atoms with E-state index in [4.69, 9.17) is 40.7 Å². The van der Waals surface area contributed by atoms with E-state index in [0.29, 0.717) is 81.4 Å². The predicted octanol–water partition coefficient (Wildman–Crippen LogP) is 17.2. The van der Waals surface area contributed by atoms with E-state index in [1.165, 1.54) is 82.4 Å². The van der Waals surface area contributed by atoms with Crippen molar-refractivity contribution in [3.8, 4) is 34.5 Å². The highest BCUT2D eigenvalue weighted by atomic mass is 35.5. The van der Waals surface area contributed by atoms with Crippen LogP contribution in [0, 0.1) is 34.0 Å². The minimum absolute atomic E-state index is 0.0356. The minimum Gasteiger partial charge on any atom is -0.550 e. The van der Waals surface area contributed by atoms with Gasteiger partial charge in [-0.2, -0.15) is 0 Å².